The Labute approximate surface area is 166 Å². The Morgan fingerprint density at radius 2 is 1.89 bits per heavy atom. The number of aromatic nitrogens is 4. The number of ether oxygens (including phenoxy) is 1. The molecule has 2 aromatic heterocycles. The summed E-state index contributed by atoms with van der Waals surface area (Å²) in [6.07, 6.45) is 2.68. The second-order valence-electron chi connectivity index (χ2n) is 6.13. The quantitative estimate of drug-likeness (QED) is 0.481. The molecule has 4 aromatic rings. The molecule has 0 atom stereocenters. The molecular formula is C18H16N4O4S2. The first kappa shape index (κ1) is 18.5. The van der Waals surface area contributed by atoms with Crippen LogP contribution in [-0.4, -0.2) is 52.1 Å². The third-order valence-electron chi connectivity index (χ3n) is 4.18. The van der Waals surface area contributed by atoms with Crippen LogP contribution in [0, 0.1) is 0 Å². The van der Waals surface area contributed by atoms with E-state index in [-0.39, 0.29) is 10.6 Å². The predicted octanol–water partition coefficient (Wildman–Crippen LogP) is 2.39. The van der Waals surface area contributed by atoms with Crippen molar-refractivity contribution in [3.8, 4) is 17.3 Å². The molecule has 10 heteroatoms. The maximum atomic E-state index is 11.7. The highest BCUT2D eigenvalue weighted by Crippen LogP contribution is 2.34. The van der Waals surface area contributed by atoms with Gasteiger partial charge in [0.15, 0.2) is 15.6 Å². The number of hydrogen-bond acceptors (Lipinski definition) is 8. The van der Waals surface area contributed by atoms with Gasteiger partial charge < -0.3 is 9.84 Å². The maximum Gasteiger partial charge on any atom is 0.221 e. The van der Waals surface area contributed by atoms with Crippen molar-refractivity contribution in [3.05, 3.63) is 42.6 Å². The fourth-order valence-electron chi connectivity index (χ4n) is 2.85. The summed E-state index contributed by atoms with van der Waals surface area (Å²) in [6.45, 7) is 0.395. The number of benzene rings is 2. The van der Waals surface area contributed by atoms with Crippen molar-refractivity contribution in [2.24, 2.45) is 0 Å². The van der Waals surface area contributed by atoms with Crippen molar-refractivity contribution < 1.29 is 18.3 Å². The van der Waals surface area contributed by atoms with Gasteiger partial charge in [-0.05, 0) is 36.4 Å². The van der Waals surface area contributed by atoms with E-state index in [0.717, 1.165) is 6.26 Å². The molecule has 8 nitrogen and oxygen atoms in total. The van der Waals surface area contributed by atoms with E-state index >= 15 is 0 Å². The minimum Gasteiger partial charge on any atom is -0.505 e. The zero-order valence-corrected chi connectivity index (χ0v) is 16.5. The lowest BCUT2D eigenvalue weighted by molar-refractivity contribution is 0.335. The Balaban J connectivity index is 1.84. The van der Waals surface area contributed by atoms with E-state index in [0.29, 0.717) is 45.7 Å². The van der Waals surface area contributed by atoms with Crippen LogP contribution in [0.5, 0.6) is 11.6 Å². The molecule has 4 rings (SSSR count). The molecule has 0 amide bonds. The van der Waals surface area contributed by atoms with Crippen molar-refractivity contribution >= 4 is 44.3 Å². The van der Waals surface area contributed by atoms with Gasteiger partial charge in [-0.25, -0.2) is 13.4 Å². The number of rotatable bonds is 5. The van der Waals surface area contributed by atoms with Crippen LogP contribution < -0.4 is 4.74 Å². The molecule has 0 radical (unpaired) electrons. The number of fused-ring (bicyclic) bond motifs is 2. The van der Waals surface area contributed by atoms with Crippen LogP contribution in [-0.2, 0) is 9.84 Å². The summed E-state index contributed by atoms with van der Waals surface area (Å²) in [7, 11) is -3.35. The van der Waals surface area contributed by atoms with Crippen LogP contribution in [0.4, 0.5) is 0 Å². The van der Waals surface area contributed by atoms with Gasteiger partial charge in [0, 0.05) is 29.0 Å². The minimum atomic E-state index is -3.35. The third-order valence-corrected chi connectivity index (χ3v) is 5.48. The predicted molar refractivity (Wildman–Crippen MR) is 108 cm³/mol. The van der Waals surface area contributed by atoms with Crippen LogP contribution >= 0.6 is 12.6 Å². The second kappa shape index (κ2) is 6.95. The van der Waals surface area contributed by atoms with Crippen molar-refractivity contribution in [1.82, 2.24) is 20.0 Å². The largest absolute Gasteiger partial charge is 0.505 e. The normalized spacial score (nSPS) is 11.9. The Kier molecular flexibility index (Phi) is 4.60. The summed E-state index contributed by atoms with van der Waals surface area (Å²) < 4.78 is 29.1. The first-order valence-corrected chi connectivity index (χ1v) is 10.8. The molecule has 0 aliphatic rings. The highest BCUT2D eigenvalue weighted by molar-refractivity contribution is 7.90. The highest BCUT2D eigenvalue weighted by Gasteiger charge is 2.16. The number of nitrogens with zero attached hydrogens (tertiary/aromatic N) is 4. The molecule has 144 valence electrons. The average Bonchev–Trinajstić information content (AvgIpc) is 3.09. The van der Waals surface area contributed by atoms with Gasteiger partial charge >= 0.3 is 0 Å². The zero-order chi connectivity index (χ0) is 19.9. The van der Waals surface area contributed by atoms with E-state index in [9.17, 15) is 13.5 Å². The molecule has 0 saturated heterocycles. The van der Waals surface area contributed by atoms with Gasteiger partial charge in [0.1, 0.15) is 16.7 Å². The average molecular weight is 416 g/mol. The molecule has 28 heavy (non-hydrogen) atoms. The molecule has 2 aromatic carbocycles. The number of phenols is 1. The summed E-state index contributed by atoms with van der Waals surface area (Å²) in [6, 6.07) is 9.62. The van der Waals surface area contributed by atoms with Crippen molar-refractivity contribution in [2.45, 2.75) is 4.90 Å². The maximum absolute atomic E-state index is 11.7. The van der Waals surface area contributed by atoms with Gasteiger partial charge in [-0.15, -0.1) is 15.0 Å². The Morgan fingerprint density at radius 1 is 1.11 bits per heavy atom. The van der Waals surface area contributed by atoms with Crippen molar-refractivity contribution in [2.75, 3.05) is 18.6 Å². The van der Waals surface area contributed by atoms with Crippen LogP contribution in [0.25, 0.3) is 27.5 Å². The molecule has 2 heterocycles. The smallest absolute Gasteiger partial charge is 0.221 e. The minimum absolute atomic E-state index is 0.0285. The highest BCUT2D eigenvalue weighted by atomic mass is 32.2. The molecular weight excluding hydrogens is 400 g/mol. The Hall–Kier alpha value is -2.85. The monoisotopic (exact) mass is 416 g/mol. The second-order valence-corrected chi connectivity index (χ2v) is 8.59. The molecule has 0 aliphatic heterocycles. The van der Waals surface area contributed by atoms with E-state index in [1.54, 1.807) is 30.5 Å². The van der Waals surface area contributed by atoms with Gasteiger partial charge in [-0.1, -0.05) is 0 Å². The zero-order valence-electron chi connectivity index (χ0n) is 14.8. The number of phenolic OH excluding ortho intramolecular Hbond substituents is 1. The standard InChI is InChI=1S/C18H16N4O4S2/c1-28(24,25)11-2-4-14-15(10-11)21-22(20-14)16-5-3-13-12(17(16)23)6-7-19-18(13)26-8-9-27/h2-7,10,23,27H,8-9H2,1H3. The number of pyridine rings is 1. The van der Waals surface area contributed by atoms with Gasteiger partial charge in [-0.3, -0.25) is 0 Å². The van der Waals surface area contributed by atoms with Crippen LogP contribution in [0.15, 0.2) is 47.5 Å². The molecule has 0 aliphatic carbocycles. The summed E-state index contributed by atoms with van der Waals surface area (Å²) >= 11 is 4.12. The Bertz CT molecular complexity index is 1300. The van der Waals surface area contributed by atoms with Crippen LogP contribution in [0.1, 0.15) is 0 Å². The molecule has 0 unspecified atom stereocenters. The number of thiol groups is 1. The number of sulfone groups is 1. The van der Waals surface area contributed by atoms with Gasteiger partial charge in [-0.2, -0.15) is 12.6 Å². The summed E-state index contributed by atoms with van der Waals surface area (Å²) in [5.41, 5.74) is 1.28. The molecule has 0 bridgehead atoms. The van der Waals surface area contributed by atoms with Crippen molar-refractivity contribution in [1.29, 1.82) is 0 Å². The summed E-state index contributed by atoms with van der Waals surface area (Å²) in [4.78, 5) is 5.63. The molecule has 0 spiro atoms. The molecule has 0 fully saturated rings. The topological polar surface area (TPSA) is 107 Å². The van der Waals surface area contributed by atoms with E-state index in [4.69, 9.17) is 4.74 Å². The van der Waals surface area contributed by atoms with E-state index < -0.39 is 9.84 Å². The SMILES string of the molecule is CS(=O)(=O)c1ccc2nn(-c3ccc4c(OCCS)nccc4c3O)nc2c1. The fourth-order valence-corrected chi connectivity index (χ4v) is 3.58. The summed E-state index contributed by atoms with van der Waals surface area (Å²) in [5, 5.41) is 20.6. The van der Waals surface area contributed by atoms with E-state index in [1.165, 1.54) is 16.9 Å². The van der Waals surface area contributed by atoms with Crippen LogP contribution in [0.3, 0.4) is 0 Å². The lowest BCUT2D eigenvalue weighted by Gasteiger charge is -2.10. The summed E-state index contributed by atoms with van der Waals surface area (Å²) in [5.74, 6) is 0.922. The fraction of sp³-hybridized carbons (Fsp3) is 0.167. The first-order chi connectivity index (χ1) is 13.4. The number of hydrogen-bond donors (Lipinski definition) is 2. The van der Waals surface area contributed by atoms with Gasteiger partial charge in [0.2, 0.25) is 5.88 Å². The van der Waals surface area contributed by atoms with Crippen LogP contribution in [0.2, 0.25) is 0 Å². The number of aromatic hydroxyl groups is 1. The van der Waals surface area contributed by atoms with Crippen molar-refractivity contribution in [3.63, 3.8) is 0 Å². The molecule has 1 N–H and O–H groups in total. The van der Waals surface area contributed by atoms with E-state index in [1.807, 2.05) is 0 Å². The van der Waals surface area contributed by atoms with Gasteiger partial charge in [0.05, 0.1) is 11.5 Å². The lowest BCUT2D eigenvalue weighted by Crippen LogP contribution is -2.02. The molecule has 0 saturated carbocycles. The first-order valence-electron chi connectivity index (χ1n) is 8.30. The Morgan fingerprint density at radius 3 is 2.64 bits per heavy atom. The van der Waals surface area contributed by atoms with Gasteiger partial charge in [0.25, 0.3) is 0 Å². The third kappa shape index (κ3) is 3.25. The van der Waals surface area contributed by atoms with E-state index in [2.05, 4.69) is 27.8 Å². The lowest BCUT2D eigenvalue weighted by atomic mass is 10.1.